The molecule has 0 fully saturated rings. The third-order valence-corrected chi connectivity index (χ3v) is 5.11. The second-order valence-electron chi connectivity index (χ2n) is 6.67. The molecule has 4 heterocycles. The van der Waals surface area contributed by atoms with Crippen LogP contribution in [0.25, 0.3) is 10.9 Å². The maximum absolute atomic E-state index is 4.68. The van der Waals surface area contributed by atoms with E-state index in [-0.39, 0.29) is 6.04 Å². The van der Waals surface area contributed by atoms with Gasteiger partial charge in [0, 0.05) is 49.2 Å². The fraction of sp³-hybridized carbons (Fsp3) is 0.190. The van der Waals surface area contributed by atoms with Crippen molar-refractivity contribution < 1.29 is 0 Å². The molecule has 1 unspecified atom stereocenters. The van der Waals surface area contributed by atoms with E-state index in [1.807, 2.05) is 37.1 Å². The Labute approximate surface area is 151 Å². The summed E-state index contributed by atoms with van der Waals surface area (Å²) >= 11 is 0. The highest BCUT2D eigenvalue weighted by molar-refractivity contribution is 5.82. The van der Waals surface area contributed by atoms with Crippen LogP contribution < -0.4 is 0 Å². The summed E-state index contributed by atoms with van der Waals surface area (Å²) < 4.78 is 0. The molecule has 5 nitrogen and oxygen atoms in total. The first-order valence-electron chi connectivity index (χ1n) is 8.89. The summed E-state index contributed by atoms with van der Waals surface area (Å²) in [7, 11) is 0. The Morgan fingerprint density at radius 3 is 2.92 bits per heavy atom. The molecule has 5 rings (SSSR count). The molecule has 0 amide bonds. The molecule has 0 radical (unpaired) electrons. The zero-order valence-electron chi connectivity index (χ0n) is 14.3. The molecule has 1 aliphatic heterocycles. The second-order valence-corrected chi connectivity index (χ2v) is 6.67. The minimum Gasteiger partial charge on any atom is -0.348 e. The Morgan fingerprint density at radius 2 is 2.00 bits per heavy atom. The van der Waals surface area contributed by atoms with Gasteiger partial charge in [0.25, 0.3) is 0 Å². The molecule has 1 aliphatic rings. The summed E-state index contributed by atoms with van der Waals surface area (Å²) in [6, 6.07) is 14.7. The van der Waals surface area contributed by atoms with E-state index in [0.29, 0.717) is 0 Å². The van der Waals surface area contributed by atoms with Gasteiger partial charge in [-0.25, -0.2) is 4.98 Å². The highest BCUT2D eigenvalue weighted by Crippen LogP contribution is 2.37. The number of benzene rings is 1. The lowest BCUT2D eigenvalue weighted by atomic mass is 9.93. The molecule has 1 atom stereocenters. The number of hydrogen-bond acceptors (Lipinski definition) is 4. The van der Waals surface area contributed by atoms with E-state index < -0.39 is 0 Å². The lowest BCUT2D eigenvalue weighted by molar-refractivity contribution is 0.201. The maximum atomic E-state index is 4.68. The third-order valence-electron chi connectivity index (χ3n) is 5.11. The molecule has 4 aromatic rings. The SMILES string of the molecule is c1cncc(CN2CCc3[nH]cnc3C2c2ccnc3ccccc23)c1. The molecule has 0 bridgehead atoms. The van der Waals surface area contributed by atoms with Gasteiger partial charge in [-0.05, 0) is 29.3 Å². The summed E-state index contributed by atoms with van der Waals surface area (Å²) in [5, 5.41) is 1.19. The molecular weight excluding hydrogens is 322 g/mol. The fourth-order valence-corrected chi connectivity index (χ4v) is 3.92. The van der Waals surface area contributed by atoms with Gasteiger partial charge >= 0.3 is 0 Å². The number of para-hydroxylation sites is 1. The smallest absolute Gasteiger partial charge is 0.0926 e. The molecule has 128 valence electrons. The van der Waals surface area contributed by atoms with Crippen molar-refractivity contribution >= 4 is 10.9 Å². The molecule has 3 aromatic heterocycles. The molecule has 0 spiro atoms. The molecule has 26 heavy (non-hydrogen) atoms. The van der Waals surface area contributed by atoms with Crippen molar-refractivity contribution in [3.63, 3.8) is 0 Å². The highest BCUT2D eigenvalue weighted by Gasteiger charge is 2.32. The molecular formula is C21H19N5. The number of fused-ring (bicyclic) bond motifs is 2. The Hall–Kier alpha value is -3.05. The maximum Gasteiger partial charge on any atom is 0.0926 e. The summed E-state index contributed by atoms with van der Waals surface area (Å²) in [6.07, 6.45) is 8.46. The second kappa shape index (κ2) is 6.35. The third kappa shape index (κ3) is 2.57. The topological polar surface area (TPSA) is 57.7 Å². The summed E-state index contributed by atoms with van der Waals surface area (Å²) in [5.41, 5.74) is 5.85. The molecule has 0 aliphatic carbocycles. The number of rotatable bonds is 3. The van der Waals surface area contributed by atoms with E-state index in [9.17, 15) is 0 Å². The number of hydrogen-bond donors (Lipinski definition) is 1. The van der Waals surface area contributed by atoms with Gasteiger partial charge in [0.1, 0.15) is 0 Å². The van der Waals surface area contributed by atoms with E-state index in [2.05, 4.69) is 55.2 Å². The lowest BCUT2D eigenvalue weighted by Crippen LogP contribution is -2.36. The number of nitrogens with zero attached hydrogens (tertiary/aromatic N) is 4. The van der Waals surface area contributed by atoms with Gasteiger partial charge in [-0.1, -0.05) is 24.3 Å². The fourth-order valence-electron chi connectivity index (χ4n) is 3.92. The normalized spacial score (nSPS) is 17.3. The van der Waals surface area contributed by atoms with E-state index in [0.717, 1.165) is 30.7 Å². The van der Waals surface area contributed by atoms with Crippen LogP contribution in [-0.2, 0) is 13.0 Å². The van der Waals surface area contributed by atoms with Crippen molar-refractivity contribution in [2.24, 2.45) is 0 Å². The average Bonchev–Trinajstić information content (AvgIpc) is 3.17. The molecule has 1 aromatic carbocycles. The standard InChI is InChI=1S/C21H19N5/c1-2-6-18-16(5-1)17(7-10-23-18)21-20-19(24-14-25-20)8-11-26(21)13-15-4-3-9-22-12-15/h1-7,9-10,12,14,21H,8,11,13H2,(H,24,25). The average molecular weight is 341 g/mol. The van der Waals surface area contributed by atoms with Crippen LogP contribution in [-0.4, -0.2) is 31.4 Å². The minimum atomic E-state index is 0.109. The van der Waals surface area contributed by atoms with E-state index in [4.69, 9.17) is 0 Å². The highest BCUT2D eigenvalue weighted by atomic mass is 15.2. The molecule has 5 heteroatoms. The van der Waals surface area contributed by atoms with Gasteiger partial charge < -0.3 is 4.98 Å². The van der Waals surface area contributed by atoms with Crippen LogP contribution >= 0.6 is 0 Å². The number of imidazole rings is 1. The van der Waals surface area contributed by atoms with Crippen LogP contribution in [0.3, 0.4) is 0 Å². The quantitative estimate of drug-likeness (QED) is 0.620. The van der Waals surface area contributed by atoms with Crippen molar-refractivity contribution in [1.29, 1.82) is 0 Å². The molecule has 0 saturated heterocycles. The van der Waals surface area contributed by atoms with Gasteiger partial charge in [0.05, 0.1) is 23.6 Å². The van der Waals surface area contributed by atoms with Gasteiger partial charge in [0.2, 0.25) is 0 Å². The predicted octanol–water partition coefficient (Wildman–Crippen LogP) is 3.50. The van der Waals surface area contributed by atoms with Crippen molar-refractivity contribution in [1.82, 2.24) is 24.8 Å². The van der Waals surface area contributed by atoms with Crippen LogP contribution in [0.2, 0.25) is 0 Å². The number of H-pyrrole nitrogens is 1. The zero-order valence-corrected chi connectivity index (χ0v) is 14.3. The minimum absolute atomic E-state index is 0.109. The number of nitrogens with one attached hydrogen (secondary N) is 1. The number of aromatic nitrogens is 4. The summed E-state index contributed by atoms with van der Waals surface area (Å²) in [5.74, 6) is 0. The van der Waals surface area contributed by atoms with Gasteiger partial charge in [-0.3, -0.25) is 14.9 Å². The predicted molar refractivity (Wildman–Crippen MR) is 101 cm³/mol. The van der Waals surface area contributed by atoms with E-state index in [1.54, 1.807) is 0 Å². The first-order chi connectivity index (χ1) is 12.9. The largest absolute Gasteiger partial charge is 0.348 e. The Balaban J connectivity index is 1.64. The van der Waals surface area contributed by atoms with Gasteiger partial charge in [0.15, 0.2) is 0 Å². The van der Waals surface area contributed by atoms with Crippen LogP contribution in [0, 0.1) is 0 Å². The lowest BCUT2D eigenvalue weighted by Gasteiger charge is -2.35. The van der Waals surface area contributed by atoms with Crippen LogP contribution in [0.15, 0.2) is 67.4 Å². The Morgan fingerprint density at radius 1 is 1.04 bits per heavy atom. The zero-order chi connectivity index (χ0) is 17.3. The van der Waals surface area contributed by atoms with E-state index in [1.165, 1.54) is 22.2 Å². The molecule has 1 N–H and O–H groups in total. The van der Waals surface area contributed by atoms with Crippen molar-refractivity contribution in [3.8, 4) is 0 Å². The number of aromatic amines is 1. The Bertz CT molecular complexity index is 1040. The van der Waals surface area contributed by atoms with Gasteiger partial charge in [-0.2, -0.15) is 0 Å². The van der Waals surface area contributed by atoms with Crippen molar-refractivity contribution in [2.75, 3.05) is 6.54 Å². The summed E-state index contributed by atoms with van der Waals surface area (Å²) in [6.45, 7) is 1.83. The van der Waals surface area contributed by atoms with Gasteiger partial charge in [-0.15, -0.1) is 0 Å². The monoisotopic (exact) mass is 341 g/mol. The van der Waals surface area contributed by atoms with Crippen molar-refractivity contribution in [3.05, 3.63) is 89.9 Å². The van der Waals surface area contributed by atoms with Crippen LogP contribution in [0.4, 0.5) is 0 Å². The van der Waals surface area contributed by atoms with Crippen LogP contribution in [0.5, 0.6) is 0 Å². The summed E-state index contributed by atoms with van der Waals surface area (Å²) in [4.78, 5) is 19.3. The first kappa shape index (κ1) is 15.2. The Kier molecular flexibility index (Phi) is 3.72. The van der Waals surface area contributed by atoms with Crippen LogP contribution in [0.1, 0.15) is 28.6 Å². The van der Waals surface area contributed by atoms with Crippen molar-refractivity contribution in [2.45, 2.75) is 19.0 Å². The van der Waals surface area contributed by atoms with E-state index >= 15 is 0 Å². The molecule has 0 saturated carbocycles. The first-order valence-corrected chi connectivity index (χ1v) is 8.89. The number of pyridine rings is 2.